The molecule has 3 aromatic rings. The topological polar surface area (TPSA) is 54.9 Å². The second-order valence-electron chi connectivity index (χ2n) is 5.21. The highest BCUT2D eigenvalue weighted by atomic mass is 19.4. The summed E-state index contributed by atoms with van der Waals surface area (Å²) in [5.74, 6) is -0.657. The first-order valence-electron chi connectivity index (χ1n) is 7.04. The lowest BCUT2D eigenvalue weighted by Crippen LogP contribution is -2.14. The van der Waals surface area contributed by atoms with E-state index in [0.29, 0.717) is 11.9 Å². The van der Waals surface area contributed by atoms with Crippen LogP contribution in [0.25, 0.3) is 10.8 Å². The third kappa shape index (κ3) is 3.05. The van der Waals surface area contributed by atoms with Crippen molar-refractivity contribution in [2.75, 3.05) is 5.32 Å². The molecule has 0 atom stereocenters. The molecule has 0 unspecified atom stereocenters. The first-order valence-corrected chi connectivity index (χ1v) is 7.04. The van der Waals surface area contributed by atoms with Gasteiger partial charge < -0.3 is 5.32 Å². The molecule has 3 rings (SSSR count). The molecule has 24 heavy (non-hydrogen) atoms. The molecule has 2 heterocycles. The standard InChI is InChI=1S/C17H12F3N3O/c1-10-13-3-2-4-15(14(13)5-6-22-10)23-16(24)11-7-12(9-21-8-11)17(18,19)20/h2-9H,1H3,(H,23,24). The number of carbonyl (C=O) groups is 1. The van der Waals surface area contributed by atoms with Gasteiger partial charge in [0.2, 0.25) is 0 Å². The Hall–Kier alpha value is -2.96. The van der Waals surface area contributed by atoms with Crippen LogP contribution >= 0.6 is 0 Å². The molecule has 0 aliphatic carbocycles. The van der Waals surface area contributed by atoms with E-state index < -0.39 is 17.6 Å². The minimum Gasteiger partial charge on any atom is -0.321 e. The number of alkyl halides is 3. The van der Waals surface area contributed by atoms with Crippen molar-refractivity contribution in [1.82, 2.24) is 9.97 Å². The monoisotopic (exact) mass is 331 g/mol. The quantitative estimate of drug-likeness (QED) is 0.765. The highest BCUT2D eigenvalue weighted by Crippen LogP contribution is 2.29. The number of amides is 1. The van der Waals surface area contributed by atoms with Crippen molar-refractivity contribution in [2.45, 2.75) is 13.1 Å². The number of nitrogens with zero attached hydrogens (tertiary/aromatic N) is 2. The number of hydrogen-bond donors (Lipinski definition) is 1. The molecule has 0 aliphatic rings. The Morgan fingerprint density at radius 3 is 2.67 bits per heavy atom. The van der Waals surface area contributed by atoms with Crippen LogP contribution in [-0.2, 0) is 6.18 Å². The van der Waals surface area contributed by atoms with Crippen LogP contribution < -0.4 is 5.32 Å². The lowest BCUT2D eigenvalue weighted by molar-refractivity contribution is -0.137. The third-order valence-electron chi connectivity index (χ3n) is 3.58. The van der Waals surface area contributed by atoms with Crippen LogP contribution in [0.4, 0.5) is 18.9 Å². The summed E-state index contributed by atoms with van der Waals surface area (Å²) in [5.41, 5.74) is 0.172. The number of anilines is 1. The Kier molecular flexibility index (Phi) is 3.92. The molecule has 0 radical (unpaired) electrons. The van der Waals surface area contributed by atoms with E-state index >= 15 is 0 Å². The van der Waals surface area contributed by atoms with Crippen LogP contribution in [0.1, 0.15) is 21.6 Å². The fourth-order valence-electron chi connectivity index (χ4n) is 2.38. The van der Waals surface area contributed by atoms with Crippen LogP contribution in [-0.4, -0.2) is 15.9 Å². The average molecular weight is 331 g/mol. The van der Waals surface area contributed by atoms with Gasteiger partial charge >= 0.3 is 6.18 Å². The number of hydrogen-bond acceptors (Lipinski definition) is 3. The predicted molar refractivity (Wildman–Crippen MR) is 83.7 cm³/mol. The predicted octanol–water partition coefficient (Wildman–Crippen LogP) is 4.21. The maximum atomic E-state index is 12.7. The van der Waals surface area contributed by atoms with E-state index in [1.807, 2.05) is 13.0 Å². The molecule has 122 valence electrons. The first-order chi connectivity index (χ1) is 11.4. The molecule has 1 N–H and O–H groups in total. The molecule has 2 aromatic heterocycles. The lowest BCUT2D eigenvalue weighted by atomic mass is 10.1. The molecule has 7 heteroatoms. The second kappa shape index (κ2) is 5.92. The first kappa shape index (κ1) is 15.9. The maximum Gasteiger partial charge on any atom is 0.417 e. The van der Waals surface area contributed by atoms with E-state index in [0.717, 1.165) is 28.7 Å². The van der Waals surface area contributed by atoms with E-state index in [9.17, 15) is 18.0 Å². The summed E-state index contributed by atoms with van der Waals surface area (Å²) in [7, 11) is 0. The van der Waals surface area contributed by atoms with Crippen LogP contribution in [0.5, 0.6) is 0 Å². The number of aromatic nitrogens is 2. The van der Waals surface area contributed by atoms with E-state index in [2.05, 4.69) is 15.3 Å². The van der Waals surface area contributed by atoms with Crippen LogP contribution in [0, 0.1) is 6.92 Å². The SMILES string of the molecule is Cc1nccc2c(NC(=O)c3cncc(C(F)(F)F)c3)cccc12. The number of carbonyl (C=O) groups excluding carboxylic acids is 1. The molecule has 1 aromatic carbocycles. The van der Waals surface area contributed by atoms with Crippen molar-refractivity contribution in [2.24, 2.45) is 0 Å². The summed E-state index contributed by atoms with van der Waals surface area (Å²) < 4.78 is 38.2. The Balaban J connectivity index is 1.95. The van der Waals surface area contributed by atoms with Gasteiger partial charge in [0.25, 0.3) is 5.91 Å². The molecule has 0 fully saturated rings. The van der Waals surface area contributed by atoms with Gasteiger partial charge in [0.05, 0.1) is 11.1 Å². The van der Waals surface area contributed by atoms with Crippen LogP contribution in [0.2, 0.25) is 0 Å². The highest BCUT2D eigenvalue weighted by Gasteiger charge is 2.31. The van der Waals surface area contributed by atoms with Gasteiger partial charge in [0, 0.05) is 40.7 Å². The number of aryl methyl sites for hydroxylation is 1. The number of nitrogens with one attached hydrogen (secondary N) is 1. The summed E-state index contributed by atoms with van der Waals surface area (Å²) in [4.78, 5) is 20.0. The number of halogens is 3. The van der Waals surface area contributed by atoms with Gasteiger partial charge in [0.15, 0.2) is 0 Å². The summed E-state index contributed by atoms with van der Waals surface area (Å²) in [5, 5.41) is 4.25. The molecule has 0 saturated heterocycles. The molecule has 0 bridgehead atoms. The van der Waals surface area contributed by atoms with Crippen LogP contribution in [0.15, 0.2) is 48.9 Å². The van der Waals surface area contributed by atoms with Crippen LogP contribution in [0.3, 0.4) is 0 Å². The summed E-state index contributed by atoms with van der Waals surface area (Å²) in [6, 6.07) is 7.81. The zero-order valence-corrected chi connectivity index (χ0v) is 12.6. The zero-order chi connectivity index (χ0) is 17.3. The second-order valence-corrected chi connectivity index (χ2v) is 5.21. The van der Waals surface area contributed by atoms with Crippen molar-refractivity contribution in [3.63, 3.8) is 0 Å². The molecule has 0 aliphatic heterocycles. The fourth-order valence-corrected chi connectivity index (χ4v) is 2.38. The number of rotatable bonds is 2. The van der Waals surface area contributed by atoms with Crippen molar-refractivity contribution < 1.29 is 18.0 Å². The Morgan fingerprint density at radius 2 is 1.92 bits per heavy atom. The van der Waals surface area contributed by atoms with Gasteiger partial charge in [-0.15, -0.1) is 0 Å². The van der Waals surface area contributed by atoms with Gasteiger partial charge in [-0.3, -0.25) is 14.8 Å². The minimum absolute atomic E-state index is 0.160. The van der Waals surface area contributed by atoms with E-state index in [1.54, 1.807) is 24.4 Å². The van der Waals surface area contributed by atoms with Gasteiger partial charge in [-0.25, -0.2) is 0 Å². The molecule has 0 spiro atoms. The van der Waals surface area contributed by atoms with Crippen molar-refractivity contribution >= 4 is 22.4 Å². The largest absolute Gasteiger partial charge is 0.417 e. The van der Waals surface area contributed by atoms with Crippen molar-refractivity contribution in [1.29, 1.82) is 0 Å². The molecular formula is C17H12F3N3O. The third-order valence-corrected chi connectivity index (χ3v) is 3.58. The summed E-state index contributed by atoms with van der Waals surface area (Å²) in [6.07, 6.45) is -1.16. The minimum atomic E-state index is -4.55. The van der Waals surface area contributed by atoms with E-state index in [-0.39, 0.29) is 5.56 Å². The van der Waals surface area contributed by atoms with Gasteiger partial charge in [0.1, 0.15) is 0 Å². The number of pyridine rings is 2. The normalized spacial score (nSPS) is 11.5. The average Bonchev–Trinajstić information content (AvgIpc) is 2.55. The zero-order valence-electron chi connectivity index (χ0n) is 12.6. The Morgan fingerprint density at radius 1 is 1.12 bits per heavy atom. The van der Waals surface area contributed by atoms with Gasteiger partial charge in [-0.1, -0.05) is 12.1 Å². The molecule has 4 nitrogen and oxygen atoms in total. The number of fused-ring (bicyclic) bond motifs is 1. The highest BCUT2D eigenvalue weighted by molar-refractivity contribution is 6.09. The Bertz CT molecular complexity index is 922. The summed E-state index contributed by atoms with van der Waals surface area (Å²) >= 11 is 0. The molecule has 0 saturated carbocycles. The smallest absolute Gasteiger partial charge is 0.321 e. The van der Waals surface area contributed by atoms with Gasteiger partial charge in [-0.2, -0.15) is 13.2 Å². The van der Waals surface area contributed by atoms with E-state index in [1.165, 1.54) is 0 Å². The summed E-state index contributed by atoms with van der Waals surface area (Å²) in [6.45, 7) is 1.84. The molecular weight excluding hydrogens is 319 g/mol. The fraction of sp³-hybridized carbons (Fsp3) is 0.118. The Labute approximate surface area is 135 Å². The maximum absolute atomic E-state index is 12.7. The van der Waals surface area contributed by atoms with E-state index in [4.69, 9.17) is 0 Å². The molecule has 1 amide bonds. The lowest BCUT2D eigenvalue weighted by Gasteiger charge is -2.11. The number of benzene rings is 1. The van der Waals surface area contributed by atoms with Crippen molar-refractivity contribution in [3.05, 3.63) is 65.7 Å². The van der Waals surface area contributed by atoms with Gasteiger partial charge in [-0.05, 0) is 25.1 Å². The van der Waals surface area contributed by atoms with Crippen molar-refractivity contribution in [3.8, 4) is 0 Å².